The fourth-order valence-electron chi connectivity index (χ4n) is 3.68. The maximum atomic E-state index is 12.6. The lowest BCUT2D eigenvalue weighted by molar-refractivity contribution is -0.128. The quantitative estimate of drug-likeness (QED) is 0.779. The number of piperazine rings is 1. The first-order chi connectivity index (χ1) is 13.9. The number of benzene rings is 2. The Balaban J connectivity index is 1.53. The molecular formula is C24H33N3O2. The molecule has 1 saturated heterocycles. The Morgan fingerprint density at radius 1 is 1.03 bits per heavy atom. The number of nitrogens with one attached hydrogen (secondary N) is 1. The minimum Gasteiger partial charge on any atom is -0.481 e. The molecule has 0 spiro atoms. The third-order valence-electron chi connectivity index (χ3n) is 5.41. The van der Waals surface area contributed by atoms with Crippen molar-refractivity contribution in [1.29, 1.82) is 0 Å². The number of ether oxygens (including phenoxy) is 1. The first-order valence-electron chi connectivity index (χ1n) is 10.5. The third-order valence-corrected chi connectivity index (χ3v) is 5.41. The molecule has 1 N–H and O–H groups in total. The van der Waals surface area contributed by atoms with Crippen molar-refractivity contribution in [1.82, 2.24) is 10.2 Å². The minimum absolute atomic E-state index is 0.0743. The van der Waals surface area contributed by atoms with Crippen LogP contribution in [-0.2, 0) is 11.3 Å². The van der Waals surface area contributed by atoms with Gasteiger partial charge >= 0.3 is 0 Å². The van der Waals surface area contributed by atoms with E-state index < -0.39 is 6.10 Å². The summed E-state index contributed by atoms with van der Waals surface area (Å²) in [4.78, 5) is 17.4. The number of aryl methyl sites for hydroxylation is 2. The van der Waals surface area contributed by atoms with E-state index in [4.69, 9.17) is 4.74 Å². The van der Waals surface area contributed by atoms with Gasteiger partial charge in [0.25, 0.3) is 5.91 Å². The van der Waals surface area contributed by atoms with E-state index in [1.165, 1.54) is 5.69 Å². The van der Waals surface area contributed by atoms with Gasteiger partial charge in [0, 0.05) is 38.4 Å². The van der Waals surface area contributed by atoms with Crippen molar-refractivity contribution in [2.24, 2.45) is 0 Å². The summed E-state index contributed by atoms with van der Waals surface area (Å²) in [5.41, 5.74) is 4.61. The van der Waals surface area contributed by atoms with Crippen LogP contribution < -0.4 is 15.0 Å². The van der Waals surface area contributed by atoms with Crippen LogP contribution in [-0.4, -0.2) is 50.1 Å². The van der Waals surface area contributed by atoms with Gasteiger partial charge in [-0.15, -0.1) is 0 Å². The molecule has 0 aliphatic carbocycles. The van der Waals surface area contributed by atoms with Gasteiger partial charge in [0.2, 0.25) is 0 Å². The molecule has 5 nitrogen and oxygen atoms in total. The van der Waals surface area contributed by atoms with Gasteiger partial charge in [-0.1, -0.05) is 25.1 Å². The second kappa shape index (κ2) is 9.79. The Labute approximate surface area is 174 Å². The average molecular weight is 396 g/mol. The number of carbonyl (C=O) groups excluding carboxylic acids is 1. The van der Waals surface area contributed by atoms with Crippen LogP contribution in [0.3, 0.4) is 0 Å². The molecule has 2 aromatic rings. The monoisotopic (exact) mass is 395 g/mol. The van der Waals surface area contributed by atoms with Crippen molar-refractivity contribution in [3.8, 4) is 5.75 Å². The van der Waals surface area contributed by atoms with Gasteiger partial charge in [-0.3, -0.25) is 4.79 Å². The molecule has 156 valence electrons. The van der Waals surface area contributed by atoms with E-state index in [9.17, 15) is 4.79 Å². The molecule has 0 unspecified atom stereocenters. The molecule has 1 atom stereocenters. The Kier molecular flexibility index (Phi) is 7.15. The lowest BCUT2D eigenvalue weighted by Gasteiger charge is -2.34. The topological polar surface area (TPSA) is 44.8 Å². The molecule has 0 saturated carbocycles. The van der Waals surface area contributed by atoms with Crippen LogP contribution in [0, 0.1) is 13.8 Å². The molecular weight excluding hydrogens is 362 g/mol. The number of rotatable bonds is 7. The standard InChI is InChI=1S/C24H33N3O2/c1-5-23(29-22-15-18(2)14-19(3)16-22)24(28)25-17-20-6-8-21(9-7-20)27-12-10-26(4)11-13-27/h6-9,14-16,23H,5,10-13,17H2,1-4H3,(H,25,28)/t23-/m0/s1. The summed E-state index contributed by atoms with van der Waals surface area (Å²) in [6.07, 6.45) is 0.141. The number of amides is 1. The van der Waals surface area contributed by atoms with Crippen LogP contribution in [0.5, 0.6) is 5.75 Å². The SMILES string of the molecule is CC[C@H](Oc1cc(C)cc(C)c1)C(=O)NCc1ccc(N2CCN(C)CC2)cc1. The molecule has 0 bridgehead atoms. The summed E-state index contributed by atoms with van der Waals surface area (Å²) in [6.45, 7) is 10.8. The highest BCUT2D eigenvalue weighted by Crippen LogP contribution is 2.19. The zero-order valence-corrected chi connectivity index (χ0v) is 18.1. The molecule has 5 heteroatoms. The van der Waals surface area contributed by atoms with Gasteiger partial charge < -0.3 is 19.9 Å². The van der Waals surface area contributed by atoms with Crippen LogP contribution >= 0.6 is 0 Å². The molecule has 1 amide bonds. The van der Waals surface area contributed by atoms with Crippen molar-refractivity contribution in [2.45, 2.75) is 39.8 Å². The van der Waals surface area contributed by atoms with Crippen molar-refractivity contribution in [2.75, 3.05) is 38.1 Å². The van der Waals surface area contributed by atoms with Gasteiger partial charge in [-0.05, 0) is 68.3 Å². The maximum absolute atomic E-state index is 12.6. The van der Waals surface area contributed by atoms with Gasteiger partial charge in [0.1, 0.15) is 5.75 Å². The normalized spacial score (nSPS) is 15.8. The number of anilines is 1. The van der Waals surface area contributed by atoms with Crippen LogP contribution in [0.25, 0.3) is 0 Å². The van der Waals surface area contributed by atoms with Gasteiger partial charge in [0.05, 0.1) is 0 Å². The van der Waals surface area contributed by atoms with Gasteiger partial charge in [-0.25, -0.2) is 0 Å². The summed E-state index contributed by atoms with van der Waals surface area (Å²) in [5.74, 6) is 0.677. The van der Waals surface area contributed by atoms with Crippen molar-refractivity contribution < 1.29 is 9.53 Å². The Hall–Kier alpha value is -2.53. The Morgan fingerprint density at radius 3 is 2.24 bits per heavy atom. The Bertz CT molecular complexity index is 791. The average Bonchev–Trinajstić information content (AvgIpc) is 2.70. The second-order valence-corrected chi connectivity index (χ2v) is 8.01. The highest BCUT2D eigenvalue weighted by molar-refractivity contribution is 5.81. The first kappa shape index (κ1) is 21.2. The van der Waals surface area contributed by atoms with E-state index in [2.05, 4.69) is 52.5 Å². The van der Waals surface area contributed by atoms with Crippen molar-refractivity contribution in [3.05, 3.63) is 59.2 Å². The molecule has 29 heavy (non-hydrogen) atoms. The van der Waals surface area contributed by atoms with E-state index in [0.717, 1.165) is 48.6 Å². The zero-order valence-electron chi connectivity index (χ0n) is 18.1. The van der Waals surface area contributed by atoms with E-state index in [1.54, 1.807) is 0 Å². The van der Waals surface area contributed by atoms with E-state index in [-0.39, 0.29) is 5.91 Å². The minimum atomic E-state index is -0.485. The zero-order chi connectivity index (χ0) is 20.8. The molecule has 2 aromatic carbocycles. The predicted molar refractivity (Wildman–Crippen MR) is 119 cm³/mol. The molecule has 1 fully saturated rings. The van der Waals surface area contributed by atoms with Crippen LogP contribution in [0.4, 0.5) is 5.69 Å². The lowest BCUT2D eigenvalue weighted by Crippen LogP contribution is -2.44. The molecule has 3 rings (SSSR count). The van der Waals surface area contributed by atoms with E-state index in [1.807, 2.05) is 32.9 Å². The fraction of sp³-hybridized carbons (Fsp3) is 0.458. The lowest BCUT2D eigenvalue weighted by atomic mass is 10.1. The maximum Gasteiger partial charge on any atom is 0.261 e. The highest BCUT2D eigenvalue weighted by Gasteiger charge is 2.18. The number of nitrogens with zero attached hydrogens (tertiary/aromatic N) is 2. The summed E-state index contributed by atoms with van der Waals surface area (Å²) < 4.78 is 5.96. The second-order valence-electron chi connectivity index (χ2n) is 8.01. The Morgan fingerprint density at radius 2 is 1.66 bits per heavy atom. The van der Waals surface area contributed by atoms with Crippen molar-refractivity contribution >= 4 is 11.6 Å². The fourth-order valence-corrected chi connectivity index (χ4v) is 3.68. The van der Waals surface area contributed by atoms with Crippen LogP contribution in [0.1, 0.15) is 30.0 Å². The van der Waals surface area contributed by atoms with Gasteiger partial charge in [-0.2, -0.15) is 0 Å². The predicted octanol–water partition coefficient (Wildman–Crippen LogP) is 3.53. The van der Waals surface area contributed by atoms with E-state index >= 15 is 0 Å². The summed E-state index contributed by atoms with van der Waals surface area (Å²) in [5, 5.41) is 3.02. The number of carbonyl (C=O) groups is 1. The van der Waals surface area contributed by atoms with Crippen molar-refractivity contribution in [3.63, 3.8) is 0 Å². The summed E-state index contributed by atoms with van der Waals surface area (Å²) >= 11 is 0. The first-order valence-corrected chi connectivity index (χ1v) is 10.5. The highest BCUT2D eigenvalue weighted by atomic mass is 16.5. The number of hydrogen-bond acceptors (Lipinski definition) is 4. The third kappa shape index (κ3) is 5.97. The van der Waals surface area contributed by atoms with E-state index in [0.29, 0.717) is 13.0 Å². The molecule has 1 aliphatic heterocycles. The largest absolute Gasteiger partial charge is 0.481 e. The summed E-state index contributed by atoms with van der Waals surface area (Å²) in [6, 6.07) is 14.5. The molecule has 0 radical (unpaired) electrons. The molecule has 1 aliphatic rings. The molecule has 1 heterocycles. The van der Waals surface area contributed by atoms with Crippen LogP contribution in [0.15, 0.2) is 42.5 Å². The number of hydrogen-bond donors (Lipinski definition) is 1. The van der Waals surface area contributed by atoms with Crippen LogP contribution in [0.2, 0.25) is 0 Å². The number of likely N-dealkylation sites (N-methyl/N-ethyl adjacent to an activating group) is 1. The smallest absolute Gasteiger partial charge is 0.261 e. The van der Waals surface area contributed by atoms with Gasteiger partial charge in [0.15, 0.2) is 6.10 Å². The summed E-state index contributed by atoms with van der Waals surface area (Å²) in [7, 11) is 2.16. The molecule has 0 aromatic heterocycles.